The molecular weight excluding hydrogens is 242 g/mol. The highest BCUT2D eigenvalue weighted by molar-refractivity contribution is 5.54. The first-order chi connectivity index (χ1) is 9.20. The molecule has 0 bridgehead atoms. The van der Waals surface area contributed by atoms with Gasteiger partial charge in [-0.1, -0.05) is 35.0 Å². The van der Waals surface area contributed by atoms with Gasteiger partial charge in [0.15, 0.2) is 0 Å². The molecule has 19 heavy (non-hydrogen) atoms. The lowest BCUT2D eigenvalue weighted by atomic mass is 10.1. The molecule has 1 N–H and O–H groups in total. The molecule has 5 nitrogen and oxygen atoms in total. The highest BCUT2D eigenvalue weighted by atomic mass is 16.5. The van der Waals surface area contributed by atoms with E-state index in [1.807, 2.05) is 31.2 Å². The smallest absolute Gasteiger partial charge is 0.241 e. The van der Waals surface area contributed by atoms with Crippen molar-refractivity contribution >= 4 is 0 Å². The predicted octanol–water partition coefficient (Wildman–Crippen LogP) is 1.61. The summed E-state index contributed by atoms with van der Waals surface area (Å²) in [6.45, 7) is 4.21. The molecule has 1 fully saturated rings. The van der Waals surface area contributed by atoms with Crippen LogP contribution in [0.5, 0.6) is 0 Å². The fraction of sp³-hybridized carbons (Fsp3) is 0.429. The van der Waals surface area contributed by atoms with Crippen LogP contribution >= 0.6 is 0 Å². The van der Waals surface area contributed by atoms with Gasteiger partial charge in [-0.05, 0) is 13.3 Å². The maximum Gasteiger partial charge on any atom is 0.241 e. The van der Waals surface area contributed by atoms with E-state index < -0.39 is 0 Å². The van der Waals surface area contributed by atoms with Gasteiger partial charge in [0, 0.05) is 18.7 Å². The Labute approximate surface area is 111 Å². The number of aliphatic hydroxyl groups is 1. The van der Waals surface area contributed by atoms with Crippen LogP contribution in [0.4, 0.5) is 0 Å². The number of β-amino-alcohol motifs (C(OH)–C–C–N with tert-alkyl or cyclic N) is 1. The molecule has 3 rings (SSSR count). The quantitative estimate of drug-likeness (QED) is 0.907. The van der Waals surface area contributed by atoms with Crippen molar-refractivity contribution in [1.29, 1.82) is 0 Å². The molecular formula is C14H17N3O2. The van der Waals surface area contributed by atoms with Gasteiger partial charge in [0.2, 0.25) is 11.7 Å². The zero-order valence-corrected chi connectivity index (χ0v) is 10.9. The summed E-state index contributed by atoms with van der Waals surface area (Å²) in [5, 5.41) is 13.5. The molecule has 2 aromatic rings. The Bertz CT molecular complexity index is 550. The maximum atomic E-state index is 9.48. The SMILES string of the molecule is Cc1ccc(-c2noc(CN3CCC(O)C3)n2)cc1. The second kappa shape index (κ2) is 5.11. The van der Waals surface area contributed by atoms with Gasteiger partial charge < -0.3 is 9.63 Å². The van der Waals surface area contributed by atoms with E-state index >= 15 is 0 Å². The van der Waals surface area contributed by atoms with E-state index in [0.717, 1.165) is 18.5 Å². The third-order valence-electron chi connectivity index (χ3n) is 3.38. The first kappa shape index (κ1) is 12.3. The minimum Gasteiger partial charge on any atom is -0.392 e. The summed E-state index contributed by atoms with van der Waals surface area (Å²) in [7, 11) is 0. The minimum absolute atomic E-state index is 0.223. The molecule has 0 radical (unpaired) electrons. The van der Waals surface area contributed by atoms with E-state index in [1.165, 1.54) is 5.56 Å². The second-order valence-corrected chi connectivity index (χ2v) is 5.06. The average Bonchev–Trinajstić information content (AvgIpc) is 3.00. The van der Waals surface area contributed by atoms with Gasteiger partial charge in [0.05, 0.1) is 12.6 Å². The first-order valence-electron chi connectivity index (χ1n) is 6.51. The van der Waals surface area contributed by atoms with Crippen LogP contribution in [-0.2, 0) is 6.54 Å². The molecule has 0 aliphatic carbocycles. The highest BCUT2D eigenvalue weighted by Crippen LogP contribution is 2.18. The number of hydrogen-bond donors (Lipinski definition) is 1. The third kappa shape index (κ3) is 2.83. The van der Waals surface area contributed by atoms with Crippen molar-refractivity contribution < 1.29 is 9.63 Å². The summed E-state index contributed by atoms with van der Waals surface area (Å²) >= 11 is 0. The van der Waals surface area contributed by atoms with Gasteiger partial charge in [0.25, 0.3) is 0 Å². The number of rotatable bonds is 3. The Morgan fingerprint density at radius 1 is 1.37 bits per heavy atom. The highest BCUT2D eigenvalue weighted by Gasteiger charge is 2.22. The number of benzene rings is 1. The molecule has 1 aromatic heterocycles. The summed E-state index contributed by atoms with van der Waals surface area (Å²) in [4.78, 5) is 6.52. The van der Waals surface area contributed by atoms with Gasteiger partial charge in [-0.3, -0.25) is 4.90 Å². The Morgan fingerprint density at radius 2 is 2.16 bits per heavy atom. The Balaban J connectivity index is 1.71. The number of aromatic nitrogens is 2. The van der Waals surface area contributed by atoms with E-state index in [0.29, 0.717) is 24.8 Å². The van der Waals surface area contributed by atoms with Crippen molar-refractivity contribution in [1.82, 2.24) is 15.0 Å². The van der Waals surface area contributed by atoms with Gasteiger partial charge >= 0.3 is 0 Å². The van der Waals surface area contributed by atoms with Gasteiger partial charge in [-0.25, -0.2) is 0 Å². The van der Waals surface area contributed by atoms with E-state index in [1.54, 1.807) is 0 Å². The van der Waals surface area contributed by atoms with Gasteiger partial charge in [-0.15, -0.1) is 0 Å². The Kier molecular flexibility index (Phi) is 3.31. The lowest BCUT2D eigenvalue weighted by Gasteiger charge is -2.10. The van der Waals surface area contributed by atoms with Crippen LogP contribution in [0.15, 0.2) is 28.8 Å². The number of aryl methyl sites for hydroxylation is 1. The van der Waals surface area contributed by atoms with Crippen LogP contribution in [0.1, 0.15) is 17.9 Å². The summed E-state index contributed by atoms with van der Waals surface area (Å²) < 4.78 is 5.26. The third-order valence-corrected chi connectivity index (χ3v) is 3.38. The zero-order chi connectivity index (χ0) is 13.2. The zero-order valence-electron chi connectivity index (χ0n) is 10.9. The normalized spacial score (nSPS) is 20.0. The van der Waals surface area contributed by atoms with Crippen molar-refractivity contribution in [2.45, 2.75) is 26.0 Å². The molecule has 1 aliphatic rings. The topological polar surface area (TPSA) is 62.4 Å². The summed E-state index contributed by atoms with van der Waals surface area (Å²) in [5.74, 6) is 1.22. The molecule has 1 atom stereocenters. The fourth-order valence-corrected chi connectivity index (χ4v) is 2.29. The van der Waals surface area contributed by atoms with E-state index in [4.69, 9.17) is 4.52 Å². The number of nitrogens with zero attached hydrogens (tertiary/aromatic N) is 3. The van der Waals surface area contributed by atoms with Crippen LogP contribution in [0, 0.1) is 6.92 Å². The molecule has 100 valence electrons. The van der Waals surface area contributed by atoms with Crippen LogP contribution < -0.4 is 0 Å². The van der Waals surface area contributed by atoms with Gasteiger partial charge in [-0.2, -0.15) is 4.98 Å². The monoisotopic (exact) mass is 259 g/mol. The molecule has 5 heteroatoms. The molecule has 0 spiro atoms. The van der Waals surface area contributed by atoms with Crippen LogP contribution in [0.25, 0.3) is 11.4 Å². The fourth-order valence-electron chi connectivity index (χ4n) is 2.29. The molecule has 0 saturated carbocycles. The van der Waals surface area contributed by atoms with E-state index in [2.05, 4.69) is 15.0 Å². The van der Waals surface area contributed by atoms with Gasteiger partial charge in [0.1, 0.15) is 0 Å². The van der Waals surface area contributed by atoms with Crippen molar-refractivity contribution in [2.24, 2.45) is 0 Å². The first-order valence-corrected chi connectivity index (χ1v) is 6.51. The van der Waals surface area contributed by atoms with E-state index in [9.17, 15) is 5.11 Å². The number of aliphatic hydroxyl groups excluding tert-OH is 1. The summed E-state index contributed by atoms with van der Waals surface area (Å²) in [6.07, 6.45) is 0.596. The molecule has 1 aliphatic heterocycles. The molecule has 2 heterocycles. The van der Waals surface area contributed by atoms with E-state index in [-0.39, 0.29) is 6.10 Å². The average molecular weight is 259 g/mol. The minimum atomic E-state index is -0.223. The standard InChI is InChI=1S/C14H17N3O2/c1-10-2-4-11(5-3-10)14-15-13(19-16-14)9-17-7-6-12(18)8-17/h2-5,12,18H,6-9H2,1H3. The van der Waals surface area contributed by atoms with Crippen molar-refractivity contribution in [2.75, 3.05) is 13.1 Å². The van der Waals surface area contributed by atoms with Crippen LogP contribution in [0.3, 0.4) is 0 Å². The maximum absolute atomic E-state index is 9.48. The lowest BCUT2D eigenvalue weighted by Crippen LogP contribution is -2.21. The van der Waals surface area contributed by atoms with Crippen LogP contribution in [-0.4, -0.2) is 39.3 Å². The summed E-state index contributed by atoms with van der Waals surface area (Å²) in [5.41, 5.74) is 2.17. The van der Waals surface area contributed by atoms with Crippen LogP contribution in [0.2, 0.25) is 0 Å². The summed E-state index contributed by atoms with van der Waals surface area (Å²) in [6, 6.07) is 8.04. The number of hydrogen-bond acceptors (Lipinski definition) is 5. The Morgan fingerprint density at radius 3 is 2.84 bits per heavy atom. The molecule has 0 amide bonds. The van der Waals surface area contributed by atoms with Crippen molar-refractivity contribution in [3.8, 4) is 11.4 Å². The number of likely N-dealkylation sites (tertiary alicyclic amines) is 1. The molecule has 1 aromatic carbocycles. The van der Waals surface area contributed by atoms with Crippen molar-refractivity contribution in [3.63, 3.8) is 0 Å². The van der Waals surface area contributed by atoms with Crippen molar-refractivity contribution in [3.05, 3.63) is 35.7 Å². The molecule has 1 unspecified atom stereocenters. The molecule has 1 saturated heterocycles. The predicted molar refractivity (Wildman–Crippen MR) is 70.4 cm³/mol. The largest absolute Gasteiger partial charge is 0.392 e. The second-order valence-electron chi connectivity index (χ2n) is 5.06. The Hall–Kier alpha value is -1.72. The lowest BCUT2D eigenvalue weighted by molar-refractivity contribution is 0.169.